The predicted octanol–water partition coefficient (Wildman–Crippen LogP) is 4.64. The van der Waals surface area contributed by atoms with Gasteiger partial charge in [0.15, 0.2) is 0 Å². The third-order valence-corrected chi connectivity index (χ3v) is 6.11. The van der Waals surface area contributed by atoms with Crippen molar-refractivity contribution < 1.29 is 14.3 Å². The molecule has 1 fully saturated rings. The molecule has 0 saturated carbocycles. The van der Waals surface area contributed by atoms with E-state index in [9.17, 15) is 9.59 Å². The van der Waals surface area contributed by atoms with Gasteiger partial charge >= 0.3 is 0 Å². The molecule has 166 valence electrons. The monoisotopic (exact) mass is 496 g/mol. The van der Waals surface area contributed by atoms with Gasteiger partial charge < -0.3 is 15.0 Å². The molecule has 3 aromatic rings. The number of ether oxygens (including phenoxy) is 1. The molecule has 0 spiro atoms. The van der Waals surface area contributed by atoms with Gasteiger partial charge in [0, 0.05) is 25.7 Å². The summed E-state index contributed by atoms with van der Waals surface area (Å²) in [5.74, 6) is 0.336. The molecule has 0 radical (unpaired) electrons. The second kappa shape index (κ2) is 9.99. The van der Waals surface area contributed by atoms with Crippen LogP contribution < -0.4 is 10.1 Å². The van der Waals surface area contributed by atoms with Crippen molar-refractivity contribution in [2.45, 2.75) is 25.9 Å². The van der Waals surface area contributed by atoms with Crippen LogP contribution in [0.4, 0.5) is 5.69 Å². The molecule has 0 aliphatic carbocycles. The van der Waals surface area contributed by atoms with Crippen molar-refractivity contribution in [3.05, 3.63) is 76.0 Å². The zero-order valence-corrected chi connectivity index (χ0v) is 19.5. The first kappa shape index (κ1) is 22.1. The van der Waals surface area contributed by atoms with Crippen molar-refractivity contribution in [2.24, 2.45) is 7.05 Å². The van der Waals surface area contributed by atoms with Gasteiger partial charge in [-0.25, -0.2) is 0 Å². The van der Waals surface area contributed by atoms with Crippen molar-refractivity contribution >= 4 is 33.4 Å². The van der Waals surface area contributed by atoms with Gasteiger partial charge in [-0.05, 0) is 65.0 Å². The third kappa shape index (κ3) is 5.02. The highest BCUT2D eigenvalue weighted by atomic mass is 79.9. The van der Waals surface area contributed by atoms with Crippen LogP contribution in [0.25, 0.3) is 0 Å². The number of carbonyl (C=O) groups excluding carboxylic acids is 2. The number of likely N-dealkylation sites (tertiary alicyclic amines) is 1. The van der Waals surface area contributed by atoms with Crippen LogP contribution in [0.15, 0.2) is 59.2 Å². The summed E-state index contributed by atoms with van der Waals surface area (Å²) in [6.07, 6.45) is 4.66. The number of nitrogens with one attached hydrogen (secondary N) is 1. The van der Waals surface area contributed by atoms with Gasteiger partial charge in [0.25, 0.3) is 11.8 Å². The molecule has 2 heterocycles. The molecule has 4 rings (SSSR count). The molecule has 2 amide bonds. The van der Waals surface area contributed by atoms with Crippen LogP contribution in [0.1, 0.15) is 45.7 Å². The number of benzene rings is 2. The van der Waals surface area contributed by atoms with E-state index in [4.69, 9.17) is 4.74 Å². The average Bonchev–Trinajstić information content (AvgIpc) is 3.18. The minimum atomic E-state index is -0.298. The maximum Gasteiger partial charge on any atom is 0.274 e. The Labute approximate surface area is 195 Å². The third-order valence-electron chi connectivity index (χ3n) is 5.45. The molecule has 8 heteroatoms. The van der Waals surface area contributed by atoms with Crippen molar-refractivity contribution in [1.82, 2.24) is 14.7 Å². The van der Waals surface area contributed by atoms with E-state index in [1.165, 1.54) is 10.9 Å². The Morgan fingerprint density at radius 1 is 1.09 bits per heavy atom. The van der Waals surface area contributed by atoms with E-state index in [2.05, 4.69) is 26.3 Å². The van der Waals surface area contributed by atoms with Crippen LogP contribution in [-0.4, -0.2) is 39.6 Å². The first-order valence-electron chi connectivity index (χ1n) is 10.6. The van der Waals surface area contributed by atoms with E-state index in [1.54, 1.807) is 19.2 Å². The number of para-hydroxylation sites is 1. The van der Waals surface area contributed by atoms with E-state index < -0.39 is 0 Å². The Balaban J connectivity index is 1.46. The van der Waals surface area contributed by atoms with Crippen LogP contribution in [0.5, 0.6) is 5.75 Å². The Kier molecular flexibility index (Phi) is 6.90. The van der Waals surface area contributed by atoms with Gasteiger partial charge in [0.1, 0.15) is 18.1 Å². The van der Waals surface area contributed by atoms with Gasteiger partial charge in [-0.1, -0.05) is 24.3 Å². The fourth-order valence-corrected chi connectivity index (χ4v) is 4.15. The molecule has 1 aliphatic rings. The molecule has 0 atom stereocenters. The van der Waals surface area contributed by atoms with Crippen molar-refractivity contribution in [2.75, 3.05) is 18.4 Å². The molecule has 32 heavy (non-hydrogen) atoms. The van der Waals surface area contributed by atoms with Gasteiger partial charge in [-0.15, -0.1) is 0 Å². The number of rotatable bonds is 6. The second-order valence-electron chi connectivity index (χ2n) is 7.76. The number of amides is 2. The number of halogens is 1. The largest absolute Gasteiger partial charge is 0.488 e. The molecule has 2 aromatic carbocycles. The number of carbonyl (C=O) groups is 2. The topological polar surface area (TPSA) is 76.5 Å². The summed E-state index contributed by atoms with van der Waals surface area (Å²) in [4.78, 5) is 27.8. The summed E-state index contributed by atoms with van der Waals surface area (Å²) in [7, 11) is 1.71. The number of aryl methyl sites for hydroxylation is 1. The maximum absolute atomic E-state index is 13.0. The Bertz CT molecular complexity index is 1120. The molecule has 1 saturated heterocycles. The zero-order valence-electron chi connectivity index (χ0n) is 17.9. The normalized spacial score (nSPS) is 13.6. The maximum atomic E-state index is 13.0. The summed E-state index contributed by atoms with van der Waals surface area (Å²) < 4.78 is 8.25. The van der Waals surface area contributed by atoms with Crippen LogP contribution in [0.3, 0.4) is 0 Å². The molecule has 0 unspecified atom stereocenters. The fourth-order valence-electron chi connectivity index (χ4n) is 3.75. The molecule has 0 bridgehead atoms. The number of aromatic nitrogens is 2. The van der Waals surface area contributed by atoms with Gasteiger partial charge in [0.2, 0.25) is 0 Å². The van der Waals surface area contributed by atoms with E-state index in [0.29, 0.717) is 23.6 Å². The molecular weight excluding hydrogens is 472 g/mol. The van der Waals surface area contributed by atoms with Gasteiger partial charge in [-0.2, -0.15) is 5.10 Å². The van der Waals surface area contributed by atoms with Crippen molar-refractivity contribution in [1.29, 1.82) is 0 Å². The Hall–Kier alpha value is -3.13. The van der Waals surface area contributed by atoms with Crippen LogP contribution >= 0.6 is 15.9 Å². The number of hydrogen-bond donors (Lipinski definition) is 1. The highest BCUT2D eigenvalue weighted by molar-refractivity contribution is 9.10. The predicted molar refractivity (Wildman–Crippen MR) is 126 cm³/mol. The lowest BCUT2D eigenvalue weighted by Crippen LogP contribution is -2.37. The highest BCUT2D eigenvalue weighted by Crippen LogP contribution is 2.25. The molecule has 1 N–H and O–H groups in total. The minimum Gasteiger partial charge on any atom is -0.488 e. The lowest BCUT2D eigenvalue weighted by molar-refractivity contribution is 0.0714. The highest BCUT2D eigenvalue weighted by Gasteiger charge is 2.25. The number of piperidine rings is 1. The van der Waals surface area contributed by atoms with Crippen molar-refractivity contribution in [3.8, 4) is 5.75 Å². The zero-order chi connectivity index (χ0) is 22.5. The molecule has 7 nitrogen and oxygen atoms in total. The smallest absolute Gasteiger partial charge is 0.274 e. The van der Waals surface area contributed by atoms with Gasteiger partial charge in [-0.3, -0.25) is 14.3 Å². The Morgan fingerprint density at radius 3 is 2.66 bits per heavy atom. The van der Waals surface area contributed by atoms with Crippen molar-refractivity contribution in [3.63, 3.8) is 0 Å². The summed E-state index contributed by atoms with van der Waals surface area (Å²) in [6, 6.07) is 14.9. The summed E-state index contributed by atoms with van der Waals surface area (Å²) >= 11 is 3.47. The fraction of sp³-hybridized carbons (Fsp3) is 0.292. The average molecular weight is 497 g/mol. The number of hydrogen-bond acceptors (Lipinski definition) is 4. The quantitative estimate of drug-likeness (QED) is 0.539. The van der Waals surface area contributed by atoms with Crippen LogP contribution in [0.2, 0.25) is 0 Å². The van der Waals surface area contributed by atoms with E-state index >= 15 is 0 Å². The van der Waals surface area contributed by atoms with Gasteiger partial charge in [0.05, 0.1) is 16.4 Å². The second-order valence-corrected chi connectivity index (χ2v) is 8.61. The molecule has 1 aliphatic heterocycles. The van der Waals surface area contributed by atoms with Crippen LogP contribution in [0, 0.1) is 0 Å². The molecular formula is C24H25BrN4O3. The Morgan fingerprint density at radius 2 is 1.88 bits per heavy atom. The first-order chi connectivity index (χ1) is 15.5. The van der Waals surface area contributed by atoms with E-state index in [0.717, 1.165) is 48.1 Å². The van der Waals surface area contributed by atoms with Crippen LogP contribution in [-0.2, 0) is 13.7 Å². The summed E-state index contributed by atoms with van der Waals surface area (Å²) in [6.45, 7) is 1.79. The lowest BCUT2D eigenvalue weighted by Gasteiger charge is -2.27. The lowest BCUT2D eigenvalue weighted by atomic mass is 10.1. The molecule has 1 aromatic heterocycles. The standard InChI is InChI=1S/C24H25BrN4O3/c1-28-22(24(31)29-12-5-2-6-13-29)20(15-26-28)27-23(30)18-9-7-8-17(14-18)16-32-21-11-4-3-10-19(21)25/h3-4,7-11,14-15H,2,5-6,12-13,16H2,1H3,(H,27,30). The SMILES string of the molecule is Cn1ncc(NC(=O)c2cccc(COc3ccccc3Br)c2)c1C(=O)N1CCCCC1. The number of anilines is 1. The number of nitrogens with zero attached hydrogens (tertiary/aromatic N) is 3. The van der Waals surface area contributed by atoms with E-state index in [1.807, 2.05) is 41.3 Å². The first-order valence-corrected chi connectivity index (χ1v) is 11.4. The summed E-state index contributed by atoms with van der Waals surface area (Å²) in [5, 5.41) is 7.06. The summed E-state index contributed by atoms with van der Waals surface area (Å²) in [5.41, 5.74) is 2.17. The van der Waals surface area contributed by atoms with E-state index in [-0.39, 0.29) is 11.8 Å². The minimum absolute atomic E-state index is 0.101.